The molecule has 0 radical (unpaired) electrons. The zero-order valence-corrected chi connectivity index (χ0v) is 17.9. The molecule has 1 aromatic heterocycles. The molecule has 3 aromatic carbocycles. The second-order valence-electron chi connectivity index (χ2n) is 6.63. The minimum Gasteiger partial charge on any atom is -0.495 e. The minimum absolute atomic E-state index is 0.0133. The fourth-order valence-corrected chi connectivity index (χ4v) is 3.61. The number of methoxy groups -OCH3 is 1. The molecule has 31 heavy (non-hydrogen) atoms. The molecule has 0 spiro atoms. The van der Waals surface area contributed by atoms with E-state index in [1.165, 1.54) is 23.8 Å². The number of hydrogen-bond donors (Lipinski definition) is 0. The van der Waals surface area contributed by atoms with Crippen LogP contribution in [0.2, 0.25) is 0 Å². The van der Waals surface area contributed by atoms with E-state index < -0.39 is 4.92 Å². The first kappa shape index (κ1) is 20.5. The van der Waals surface area contributed by atoms with Gasteiger partial charge in [0.15, 0.2) is 0 Å². The minimum atomic E-state index is -0.450. The average molecular weight is 478 g/mol. The normalized spacial score (nSPS) is 11.2. The van der Waals surface area contributed by atoms with E-state index in [1.807, 2.05) is 18.2 Å². The third-order valence-electron chi connectivity index (χ3n) is 4.69. The number of ether oxygens (including phenoxy) is 1. The molecule has 7 nitrogen and oxygen atoms in total. The Labute approximate surface area is 185 Å². The van der Waals surface area contributed by atoms with Gasteiger partial charge in [-0.25, -0.2) is 4.98 Å². The molecule has 0 saturated heterocycles. The smallest absolute Gasteiger partial charge is 0.270 e. The molecule has 0 aliphatic heterocycles. The van der Waals surface area contributed by atoms with Crippen molar-refractivity contribution in [3.63, 3.8) is 0 Å². The van der Waals surface area contributed by atoms with Crippen molar-refractivity contribution in [3.05, 3.63) is 103 Å². The summed E-state index contributed by atoms with van der Waals surface area (Å²) in [5.41, 5.74) is 1.43. The quantitative estimate of drug-likeness (QED) is 0.289. The molecule has 0 atom stereocenters. The van der Waals surface area contributed by atoms with Crippen LogP contribution in [0.25, 0.3) is 28.7 Å². The SMILES string of the molecule is COc1ccccc1-n1c(C=Cc2cccc([N+](=O)[O-])c2)nc2ccc(Br)cc2c1=O. The highest BCUT2D eigenvalue weighted by atomic mass is 79.9. The van der Waals surface area contributed by atoms with Gasteiger partial charge in [-0.3, -0.25) is 19.5 Å². The van der Waals surface area contributed by atoms with Crippen molar-refractivity contribution in [3.8, 4) is 11.4 Å². The highest BCUT2D eigenvalue weighted by molar-refractivity contribution is 9.10. The van der Waals surface area contributed by atoms with Crippen LogP contribution in [0.3, 0.4) is 0 Å². The van der Waals surface area contributed by atoms with Crippen LogP contribution in [0.1, 0.15) is 11.4 Å². The maximum atomic E-state index is 13.4. The lowest BCUT2D eigenvalue weighted by Gasteiger charge is -2.14. The predicted octanol–water partition coefficient (Wildman–Crippen LogP) is 5.24. The highest BCUT2D eigenvalue weighted by Gasteiger charge is 2.15. The molecular weight excluding hydrogens is 462 g/mol. The van der Waals surface area contributed by atoms with Crippen molar-refractivity contribution in [2.75, 3.05) is 7.11 Å². The molecule has 0 N–H and O–H groups in total. The van der Waals surface area contributed by atoms with E-state index in [-0.39, 0.29) is 11.2 Å². The lowest BCUT2D eigenvalue weighted by Crippen LogP contribution is -2.22. The molecule has 0 unspecified atom stereocenters. The van der Waals surface area contributed by atoms with Gasteiger partial charge in [0.05, 0.1) is 28.6 Å². The zero-order valence-electron chi connectivity index (χ0n) is 16.4. The zero-order chi connectivity index (χ0) is 22.0. The Bertz CT molecular complexity index is 1400. The topological polar surface area (TPSA) is 87.3 Å². The van der Waals surface area contributed by atoms with Gasteiger partial charge in [0.25, 0.3) is 11.2 Å². The molecule has 0 amide bonds. The number of nitro groups is 1. The van der Waals surface area contributed by atoms with Gasteiger partial charge in [-0.05, 0) is 42.0 Å². The van der Waals surface area contributed by atoms with Gasteiger partial charge in [-0.1, -0.05) is 46.3 Å². The van der Waals surface area contributed by atoms with Crippen molar-refractivity contribution in [1.82, 2.24) is 9.55 Å². The largest absolute Gasteiger partial charge is 0.495 e. The number of benzene rings is 3. The van der Waals surface area contributed by atoms with Crippen LogP contribution in [0.15, 0.2) is 76.0 Å². The molecule has 8 heteroatoms. The Morgan fingerprint density at radius 1 is 1.06 bits per heavy atom. The molecular formula is C23H16BrN3O4. The maximum absolute atomic E-state index is 13.4. The van der Waals surface area contributed by atoms with E-state index in [2.05, 4.69) is 20.9 Å². The van der Waals surface area contributed by atoms with Gasteiger partial charge in [-0.15, -0.1) is 0 Å². The Morgan fingerprint density at radius 3 is 2.65 bits per heavy atom. The standard InChI is InChI=1S/C23H16BrN3O4/c1-31-21-8-3-2-7-20(21)26-22(12-9-15-5-4-6-17(13-15)27(29)30)25-19-11-10-16(24)14-18(19)23(26)28/h2-14H,1H3. The molecule has 154 valence electrons. The van der Waals surface area contributed by atoms with Crippen LogP contribution in [-0.4, -0.2) is 21.6 Å². The van der Waals surface area contributed by atoms with Crippen LogP contribution in [0, 0.1) is 10.1 Å². The number of para-hydroxylation sites is 2. The predicted molar refractivity (Wildman–Crippen MR) is 124 cm³/mol. The van der Waals surface area contributed by atoms with E-state index in [0.717, 1.165) is 4.47 Å². The van der Waals surface area contributed by atoms with Gasteiger partial charge < -0.3 is 4.74 Å². The summed E-state index contributed by atoms with van der Waals surface area (Å²) in [6.45, 7) is 0. The van der Waals surface area contributed by atoms with Crippen LogP contribution in [-0.2, 0) is 0 Å². The van der Waals surface area contributed by atoms with E-state index in [9.17, 15) is 14.9 Å². The summed E-state index contributed by atoms with van der Waals surface area (Å²) in [4.78, 5) is 28.7. The molecule has 4 rings (SSSR count). The first-order chi connectivity index (χ1) is 15.0. The van der Waals surface area contributed by atoms with Crippen LogP contribution < -0.4 is 10.3 Å². The Hall–Kier alpha value is -3.78. The van der Waals surface area contributed by atoms with Crippen molar-refractivity contribution in [1.29, 1.82) is 0 Å². The van der Waals surface area contributed by atoms with Crippen molar-refractivity contribution in [2.24, 2.45) is 0 Å². The van der Waals surface area contributed by atoms with Crippen LogP contribution in [0.4, 0.5) is 5.69 Å². The van der Waals surface area contributed by atoms with Gasteiger partial charge in [0.2, 0.25) is 0 Å². The van der Waals surface area contributed by atoms with E-state index in [0.29, 0.717) is 33.7 Å². The monoisotopic (exact) mass is 477 g/mol. The van der Waals surface area contributed by atoms with Gasteiger partial charge in [-0.2, -0.15) is 0 Å². The van der Waals surface area contributed by atoms with Gasteiger partial charge >= 0.3 is 0 Å². The molecule has 0 aliphatic rings. The summed E-state index contributed by atoms with van der Waals surface area (Å²) in [7, 11) is 1.54. The van der Waals surface area contributed by atoms with E-state index in [4.69, 9.17) is 4.74 Å². The third kappa shape index (κ3) is 4.10. The first-order valence-corrected chi connectivity index (χ1v) is 10.1. The number of hydrogen-bond acceptors (Lipinski definition) is 5. The number of nitrogens with zero attached hydrogens (tertiary/aromatic N) is 3. The van der Waals surface area contributed by atoms with Crippen molar-refractivity contribution >= 4 is 44.7 Å². The lowest BCUT2D eigenvalue weighted by molar-refractivity contribution is -0.384. The summed E-state index contributed by atoms with van der Waals surface area (Å²) in [6, 6.07) is 18.7. The number of rotatable bonds is 5. The third-order valence-corrected chi connectivity index (χ3v) is 5.18. The maximum Gasteiger partial charge on any atom is 0.270 e. The highest BCUT2D eigenvalue weighted by Crippen LogP contribution is 2.25. The molecule has 0 fully saturated rings. The molecule has 0 bridgehead atoms. The first-order valence-electron chi connectivity index (χ1n) is 9.26. The molecule has 0 saturated carbocycles. The second-order valence-corrected chi connectivity index (χ2v) is 7.54. The van der Waals surface area contributed by atoms with Crippen LogP contribution >= 0.6 is 15.9 Å². The van der Waals surface area contributed by atoms with E-state index >= 15 is 0 Å². The summed E-state index contributed by atoms with van der Waals surface area (Å²) >= 11 is 3.40. The van der Waals surface area contributed by atoms with Gasteiger partial charge in [0, 0.05) is 16.6 Å². The number of aromatic nitrogens is 2. The molecule has 4 aromatic rings. The summed E-state index contributed by atoms with van der Waals surface area (Å²) in [6.07, 6.45) is 3.35. The van der Waals surface area contributed by atoms with Crippen molar-refractivity contribution < 1.29 is 9.66 Å². The Balaban J connectivity index is 1.95. The fraction of sp³-hybridized carbons (Fsp3) is 0.0435. The molecule has 1 heterocycles. The van der Waals surface area contributed by atoms with Crippen LogP contribution in [0.5, 0.6) is 5.75 Å². The number of nitro benzene ring substituents is 1. The van der Waals surface area contributed by atoms with Gasteiger partial charge in [0.1, 0.15) is 11.6 Å². The number of non-ortho nitro benzene ring substituents is 1. The Kier molecular flexibility index (Phi) is 5.64. The molecule has 0 aliphatic carbocycles. The summed E-state index contributed by atoms with van der Waals surface area (Å²) in [5, 5.41) is 11.5. The average Bonchev–Trinajstić information content (AvgIpc) is 2.78. The number of fused-ring (bicyclic) bond motifs is 1. The summed E-state index contributed by atoms with van der Waals surface area (Å²) in [5.74, 6) is 0.890. The van der Waals surface area contributed by atoms with E-state index in [1.54, 1.807) is 48.6 Å². The lowest BCUT2D eigenvalue weighted by atomic mass is 10.1. The summed E-state index contributed by atoms with van der Waals surface area (Å²) < 4.78 is 7.70. The fourth-order valence-electron chi connectivity index (χ4n) is 3.25. The number of halogens is 1. The second kappa shape index (κ2) is 8.53. The Morgan fingerprint density at radius 2 is 1.87 bits per heavy atom. The van der Waals surface area contributed by atoms with Crippen molar-refractivity contribution in [2.45, 2.75) is 0 Å².